The molecule has 1 aromatic heterocycles. The Morgan fingerprint density at radius 3 is 2.52 bits per heavy atom. The predicted molar refractivity (Wildman–Crippen MR) is 102 cm³/mol. The molecule has 0 aliphatic heterocycles. The highest BCUT2D eigenvalue weighted by Gasteiger charge is 2.09. The summed E-state index contributed by atoms with van der Waals surface area (Å²) in [4.78, 5) is 15.9. The fourth-order valence-electron chi connectivity index (χ4n) is 2.31. The van der Waals surface area contributed by atoms with E-state index in [2.05, 4.69) is 20.9 Å². The molecule has 2 rings (SSSR count). The summed E-state index contributed by atoms with van der Waals surface area (Å²) in [6.07, 6.45) is 0. The third-order valence-corrected chi connectivity index (χ3v) is 4.59. The third kappa shape index (κ3) is 4.90. The second-order valence-electron chi connectivity index (χ2n) is 5.39. The van der Waals surface area contributed by atoms with Crippen LogP contribution in [-0.4, -0.2) is 30.5 Å². The summed E-state index contributed by atoms with van der Waals surface area (Å²) in [6, 6.07) is 9.24. The first-order valence-electron chi connectivity index (χ1n) is 7.71. The van der Waals surface area contributed by atoms with Crippen LogP contribution in [0.2, 0.25) is 10.2 Å². The van der Waals surface area contributed by atoms with Crippen molar-refractivity contribution in [3.8, 4) is 0 Å². The lowest BCUT2D eigenvalue weighted by Crippen LogP contribution is -2.36. The number of halogens is 2. The molecule has 25 heavy (non-hydrogen) atoms. The number of guanidine groups is 1. The largest absolute Gasteiger partial charge is 0.355 e. The lowest BCUT2D eigenvalue weighted by Gasteiger charge is -2.13. The van der Waals surface area contributed by atoms with Gasteiger partial charge in [0.05, 0.1) is 11.6 Å². The second kappa shape index (κ2) is 8.78. The Morgan fingerprint density at radius 1 is 1.20 bits per heavy atom. The highest BCUT2D eigenvalue weighted by atomic mass is 35.5. The maximum atomic E-state index is 11.7. The summed E-state index contributed by atoms with van der Waals surface area (Å²) in [5.74, 6) is 0.528. The maximum absolute atomic E-state index is 11.7. The number of nitrogens with zero attached hydrogens (tertiary/aromatic N) is 2. The molecule has 2 aromatic rings. The Bertz CT molecular complexity index is 785. The molecule has 8 heteroatoms. The number of carbonyl (C=O) groups excluding carboxylic acids is 1. The molecule has 1 amide bonds. The zero-order valence-electron chi connectivity index (χ0n) is 14.4. The first-order chi connectivity index (χ1) is 12.0. The van der Waals surface area contributed by atoms with Gasteiger partial charge >= 0.3 is 0 Å². The van der Waals surface area contributed by atoms with E-state index >= 15 is 0 Å². The number of hydrogen-bond acceptors (Lipinski definition) is 2. The Morgan fingerprint density at radius 2 is 1.92 bits per heavy atom. The molecule has 6 nitrogen and oxygen atoms in total. The molecule has 0 bridgehead atoms. The summed E-state index contributed by atoms with van der Waals surface area (Å²) < 4.78 is 1.82. The number of carbonyl (C=O) groups is 1. The topological polar surface area (TPSA) is 70.4 Å². The van der Waals surface area contributed by atoms with Gasteiger partial charge in [0.15, 0.2) is 5.96 Å². The molecule has 0 unspecified atom stereocenters. The zero-order valence-corrected chi connectivity index (χ0v) is 15.9. The van der Waals surface area contributed by atoms with E-state index in [1.54, 1.807) is 20.2 Å². The SMILES string of the molecule is CN=C(NCc1cccc(C(=O)NC)c1)NCc1cc(Cl)c(Cl)n1C. The molecule has 134 valence electrons. The van der Waals surface area contributed by atoms with Gasteiger partial charge in [0.25, 0.3) is 5.91 Å². The van der Waals surface area contributed by atoms with Crippen LogP contribution in [0, 0.1) is 0 Å². The van der Waals surface area contributed by atoms with Crippen LogP contribution in [0.15, 0.2) is 35.3 Å². The van der Waals surface area contributed by atoms with Crippen molar-refractivity contribution in [3.63, 3.8) is 0 Å². The van der Waals surface area contributed by atoms with Crippen LogP contribution in [0.1, 0.15) is 21.6 Å². The van der Waals surface area contributed by atoms with E-state index in [9.17, 15) is 4.79 Å². The quantitative estimate of drug-likeness (QED) is 0.550. The fraction of sp³-hybridized carbons (Fsp3) is 0.294. The van der Waals surface area contributed by atoms with Crippen molar-refractivity contribution < 1.29 is 4.79 Å². The number of rotatable bonds is 5. The Balaban J connectivity index is 1.94. The van der Waals surface area contributed by atoms with E-state index in [1.165, 1.54) is 0 Å². The first kappa shape index (κ1) is 19.1. The molecule has 0 radical (unpaired) electrons. The molecule has 0 saturated heterocycles. The van der Waals surface area contributed by atoms with Gasteiger partial charge in [0.2, 0.25) is 0 Å². The first-order valence-corrected chi connectivity index (χ1v) is 8.47. The van der Waals surface area contributed by atoms with Gasteiger partial charge in [-0.3, -0.25) is 9.79 Å². The zero-order chi connectivity index (χ0) is 18.4. The van der Waals surface area contributed by atoms with Gasteiger partial charge in [-0.1, -0.05) is 35.3 Å². The Kier molecular flexibility index (Phi) is 6.73. The van der Waals surface area contributed by atoms with Crippen molar-refractivity contribution >= 4 is 35.1 Å². The van der Waals surface area contributed by atoms with Gasteiger partial charge in [-0.25, -0.2) is 0 Å². The minimum atomic E-state index is -0.109. The lowest BCUT2D eigenvalue weighted by molar-refractivity contribution is 0.0963. The van der Waals surface area contributed by atoms with Gasteiger partial charge in [-0.05, 0) is 23.8 Å². The van der Waals surface area contributed by atoms with Crippen molar-refractivity contribution in [2.75, 3.05) is 14.1 Å². The predicted octanol–water partition coefficient (Wildman–Crippen LogP) is 2.56. The molecule has 0 saturated carbocycles. The minimum absolute atomic E-state index is 0.109. The highest BCUT2D eigenvalue weighted by Crippen LogP contribution is 2.24. The van der Waals surface area contributed by atoms with E-state index in [4.69, 9.17) is 23.2 Å². The normalized spacial score (nSPS) is 11.3. The summed E-state index contributed by atoms with van der Waals surface area (Å²) >= 11 is 12.1. The van der Waals surface area contributed by atoms with E-state index in [0.29, 0.717) is 34.8 Å². The monoisotopic (exact) mass is 381 g/mol. The number of aromatic nitrogens is 1. The van der Waals surface area contributed by atoms with Crippen molar-refractivity contribution in [2.45, 2.75) is 13.1 Å². The maximum Gasteiger partial charge on any atom is 0.251 e. The molecular weight excluding hydrogens is 361 g/mol. The van der Waals surface area contributed by atoms with Crippen LogP contribution < -0.4 is 16.0 Å². The molecule has 0 aliphatic rings. The van der Waals surface area contributed by atoms with E-state index in [0.717, 1.165) is 11.3 Å². The highest BCUT2D eigenvalue weighted by molar-refractivity contribution is 6.41. The Hall–Kier alpha value is -2.18. The molecule has 1 aromatic carbocycles. The van der Waals surface area contributed by atoms with Crippen molar-refractivity contribution in [1.82, 2.24) is 20.5 Å². The van der Waals surface area contributed by atoms with E-state index in [-0.39, 0.29) is 5.91 Å². The molecule has 0 fully saturated rings. The van der Waals surface area contributed by atoms with E-state index in [1.807, 2.05) is 35.9 Å². The second-order valence-corrected chi connectivity index (χ2v) is 6.16. The van der Waals surface area contributed by atoms with Crippen LogP contribution in [0.4, 0.5) is 0 Å². The van der Waals surface area contributed by atoms with Gasteiger partial charge in [0.1, 0.15) is 5.15 Å². The molecule has 0 aliphatic carbocycles. The molecule has 3 N–H and O–H groups in total. The summed E-state index contributed by atoms with van der Waals surface area (Å²) in [6.45, 7) is 1.07. The summed E-state index contributed by atoms with van der Waals surface area (Å²) in [5, 5.41) is 10.1. The smallest absolute Gasteiger partial charge is 0.251 e. The number of benzene rings is 1. The van der Waals surface area contributed by atoms with Crippen molar-refractivity contribution in [3.05, 3.63) is 57.3 Å². The van der Waals surface area contributed by atoms with Crippen LogP contribution >= 0.6 is 23.2 Å². The number of aliphatic imine (C=N–C) groups is 1. The average Bonchev–Trinajstić information content (AvgIpc) is 2.88. The average molecular weight is 382 g/mol. The van der Waals surface area contributed by atoms with Crippen molar-refractivity contribution in [1.29, 1.82) is 0 Å². The van der Waals surface area contributed by atoms with Crippen molar-refractivity contribution in [2.24, 2.45) is 12.0 Å². The number of nitrogens with one attached hydrogen (secondary N) is 3. The Labute approximate surface area is 157 Å². The minimum Gasteiger partial charge on any atom is -0.355 e. The molecule has 1 heterocycles. The van der Waals surface area contributed by atoms with Crippen LogP contribution in [0.25, 0.3) is 0 Å². The van der Waals surface area contributed by atoms with E-state index < -0.39 is 0 Å². The van der Waals surface area contributed by atoms with Crippen LogP contribution in [0.3, 0.4) is 0 Å². The van der Waals surface area contributed by atoms with Crippen LogP contribution in [0.5, 0.6) is 0 Å². The molecule has 0 spiro atoms. The number of hydrogen-bond donors (Lipinski definition) is 3. The fourth-order valence-corrected chi connectivity index (χ4v) is 2.72. The third-order valence-electron chi connectivity index (χ3n) is 3.75. The summed E-state index contributed by atoms with van der Waals surface area (Å²) in [5.41, 5.74) is 2.55. The van der Waals surface area contributed by atoms with Gasteiger partial charge < -0.3 is 20.5 Å². The lowest BCUT2D eigenvalue weighted by atomic mass is 10.1. The van der Waals surface area contributed by atoms with Gasteiger partial charge in [-0.15, -0.1) is 0 Å². The summed E-state index contributed by atoms with van der Waals surface area (Å²) in [7, 11) is 5.16. The standard InChI is InChI=1S/C17H21Cl2N5O/c1-20-16(25)12-6-4-5-11(7-12)9-22-17(21-2)23-10-13-8-14(18)15(19)24(13)3/h4-8H,9-10H2,1-3H3,(H,20,25)(H2,21,22,23). The van der Waals surface area contributed by atoms with Gasteiger partial charge in [-0.2, -0.15) is 0 Å². The molecular formula is C17H21Cl2N5O. The number of amides is 1. The van der Waals surface area contributed by atoms with Gasteiger partial charge in [0, 0.05) is 38.9 Å². The molecule has 0 atom stereocenters. The van der Waals surface area contributed by atoms with Crippen LogP contribution in [-0.2, 0) is 20.1 Å².